The molecule has 2 fully saturated rings. The van der Waals surface area contributed by atoms with E-state index in [2.05, 4.69) is 16.0 Å². The standard InChI is InChI=1S/C26H32ClN3O4/c27-24-12-11-20(15-23(24)26(32)30-18-6-2-1-3-7-18)29-25(31)16-28-19-8-4-9-21(14-19)34-17-22-10-5-13-33-22/h4,8-9,11-12,14-15,18,22,28H,1-3,5-7,10,13,16-17H2,(H,29,31)(H,30,32). The molecule has 3 N–H and O–H groups in total. The summed E-state index contributed by atoms with van der Waals surface area (Å²) < 4.78 is 11.4. The lowest BCUT2D eigenvalue weighted by Crippen LogP contribution is -2.36. The number of halogens is 1. The quantitative estimate of drug-likeness (QED) is 0.464. The van der Waals surface area contributed by atoms with Crippen molar-refractivity contribution in [3.05, 3.63) is 53.1 Å². The Morgan fingerprint density at radius 3 is 2.65 bits per heavy atom. The van der Waals surface area contributed by atoms with Gasteiger partial charge in [-0.05, 0) is 56.0 Å². The average Bonchev–Trinajstić information content (AvgIpc) is 3.37. The number of benzene rings is 2. The minimum Gasteiger partial charge on any atom is -0.491 e. The Hall–Kier alpha value is -2.77. The van der Waals surface area contributed by atoms with Crippen molar-refractivity contribution in [1.29, 1.82) is 0 Å². The highest BCUT2D eigenvalue weighted by atomic mass is 35.5. The third kappa shape index (κ3) is 7.11. The number of rotatable bonds is 9. The second kappa shape index (κ2) is 12.1. The first-order valence-electron chi connectivity index (χ1n) is 12.1. The fourth-order valence-corrected chi connectivity index (χ4v) is 4.54. The summed E-state index contributed by atoms with van der Waals surface area (Å²) in [6.07, 6.45) is 7.71. The summed E-state index contributed by atoms with van der Waals surface area (Å²) in [5.74, 6) is 0.296. The third-order valence-electron chi connectivity index (χ3n) is 6.18. The second-order valence-electron chi connectivity index (χ2n) is 8.88. The summed E-state index contributed by atoms with van der Waals surface area (Å²) in [6, 6.07) is 12.6. The summed E-state index contributed by atoms with van der Waals surface area (Å²) >= 11 is 6.26. The van der Waals surface area contributed by atoms with Gasteiger partial charge in [-0.2, -0.15) is 0 Å². The SMILES string of the molecule is O=C(CNc1cccc(OCC2CCCO2)c1)Nc1ccc(Cl)c(C(=O)NC2CCCCC2)c1. The van der Waals surface area contributed by atoms with Crippen molar-refractivity contribution in [1.82, 2.24) is 5.32 Å². The number of hydrogen-bond acceptors (Lipinski definition) is 5. The van der Waals surface area contributed by atoms with Crippen LogP contribution < -0.4 is 20.7 Å². The van der Waals surface area contributed by atoms with Crippen LogP contribution in [0.25, 0.3) is 0 Å². The lowest BCUT2D eigenvalue weighted by atomic mass is 9.95. The predicted molar refractivity (Wildman–Crippen MR) is 134 cm³/mol. The van der Waals surface area contributed by atoms with E-state index in [-0.39, 0.29) is 30.5 Å². The Morgan fingerprint density at radius 2 is 1.85 bits per heavy atom. The molecule has 1 saturated carbocycles. The largest absolute Gasteiger partial charge is 0.491 e. The van der Waals surface area contributed by atoms with E-state index in [1.54, 1.807) is 18.2 Å². The first kappa shape index (κ1) is 24.4. The van der Waals surface area contributed by atoms with E-state index in [9.17, 15) is 9.59 Å². The van der Waals surface area contributed by atoms with Crippen molar-refractivity contribution < 1.29 is 19.1 Å². The Labute approximate surface area is 205 Å². The van der Waals surface area contributed by atoms with Crippen molar-refractivity contribution in [2.45, 2.75) is 57.1 Å². The smallest absolute Gasteiger partial charge is 0.253 e. The van der Waals surface area contributed by atoms with Crippen LogP contribution in [0.4, 0.5) is 11.4 Å². The van der Waals surface area contributed by atoms with Gasteiger partial charge in [0.25, 0.3) is 5.91 Å². The maximum atomic E-state index is 12.7. The van der Waals surface area contributed by atoms with Crippen molar-refractivity contribution in [3.63, 3.8) is 0 Å². The summed E-state index contributed by atoms with van der Waals surface area (Å²) in [5.41, 5.74) is 1.68. The van der Waals surface area contributed by atoms with Crippen LogP contribution >= 0.6 is 11.6 Å². The maximum Gasteiger partial charge on any atom is 0.253 e. The van der Waals surface area contributed by atoms with Gasteiger partial charge in [0.05, 0.1) is 23.2 Å². The number of ether oxygens (including phenoxy) is 2. The molecule has 4 rings (SSSR count). The number of anilines is 2. The number of carbonyl (C=O) groups is 2. The minimum absolute atomic E-state index is 0.0709. The lowest BCUT2D eigenvalue weighted by molar-refractivity contribution is -0.114. The molecular formula is C26H32ClN3O4. The lowest BCUT2D eigenvalue weighted by Gasteiger charge is -2.23. The fourth-order valence-electron chi connectivity index (χ4n) is 4.34. The molecule has 2 aromatic carbocycles. The van der Waals surface area contributed by atoms with Crippen LogP contribution in [-0.4, -0.2) is 43.7 Å². The van der Waals surface area contributed by atoms with Crippen molar-refractivity contribution in [2.75, 3.05) is 30.4 Å². The monoisotopic (exact) mass is 485 g/mol. The Kier molecular flexibility index (Phi) is 8.66. The number of hydrogen-bond donors (Lipinski definition) is 3. The molecule has 2 amide bonds. The van der Waals surface area contributed by atoms with E-state index >= 15 is 0 Å². The zero-order valence-electron chi connectivity index (χ0n) is 19.3. The van der Waals surface area contributed by atoms with E-state index in [1.165, 1.54) is 6.42 Å². The number of carbonyl (C=O) groups excluding carboxylic acids is 2. The molecule has 1 heterocycles. The van der Waals surface area contributed by atoms with Gasteiger partial charge in [-0.15, -0.1) is 0 Å². The molecule has 1 aliphatic heterocycles. The predicted octanol–water partition coefficient (Wildman–Crippen LogP) is 5.01. The number of amides is 2. The topological polar surface area (TPSA) is 88.7 Å². The molecular weight excluding hydrogens is 454 g/mol. The highest BCUT2D eigenvalue weighted by Crippen LogP contribution is 2.23. The molecule has 1 saturated heterocycles. The molecule has 2 aliphatic rings. The van der Waals surface area contributed by atoms with Crippen molar-refractivity contribution in [3.8, 4) is 5.75 Å². The molecule has 1 aliphatic carbocycles. The van der Waals surface area contributed by atoms with Gasteiger partial charge in [0, 0.05) is 30.1 Å². The van der Waals surface area contributed by atoms with Gasteiger partial charge in [-0.25, -0.2) is 0 Å². The maximum absolute atomic E-state index is 12.7. The first-order chi connectivity index (χ1) is 16.6. The zero-order valence-corrected chi connectivity index (χ0v) is 20.0. The average molecular weight is 486 g/mol. The molecule has 7 nitrogen and oxygen atoms in total. The fraction of sp³-hybridized carbons (Fsp3) is 0.462. The normalized spacial score (nSPS) is 18.3. The summed E-state index contributed by atoms with van der Waals surface area (Å²) in [7, 11) is 0. The Balaban J connectivity index is 1.27. The van der Waals surface area contributed by atoms with Gasteiger partial charge in [0.15, 0.2) is 0 Å². The van der Waals surface area contributed by atoms with E-state index in [0.717, 1.165) is 56.6 Å². The van der Waals surface area contributed by atoms with E-state index in [4.69, 9.17) is 21.1 Å². The highest BCUT2D eigenvalue weighted by molar-refractivity contribution is 6.34. The van der Waals surface area contributed by atoms with Gasteiger partial charge >= 0.3 is 0 Å². The summed E-state index contributed by atoms with van der Waals surface area (Å²) in [4.78, 5) is 25.2. The molecule has 182 valence electrons. The summed E-state index contributed by atoms with van der Waals surface area (Å²) in [6.45, 7) is 1.39. The molecule has 34 heavy (non-hydrogen) atoms. The molecule has 0 aromatic heterocycles. The number of nitrogens with one attached hydrogen (secondary N) is 3. The molecule has 2 aromatic rings. The second-order valence-corrected chi connectivity index (χ2v) is 9.29. The summed E-state index contributed by atoms with van der Waals surface area (Å²) in [5, 5.41) is 9.37. The van der Waals surface area contributed by atoms with E-state index in [1.807, 2.05) is 24.3 Å². The van der Waals surface area contributed by atoms with Crippen LogP contribution in [-0.2, 0) is 9.53 Å². The van der Waals surface area contributed by atoms with Crippen molar-refractivity contribution in [2.24, 2.45) is 0 Å². The zero-order chi connectivity index (χ0) is 23.8. The van der Waals surface area contributed by atoms with Gasteiger partial charge in [-0.1, -0.05) is 36.9 Å². The van der Waals surface area contributed by atoms with Crippen molar-refractivity contribution >= 4 is 34.8 Å². The van der Waals surface area contributed by atoms with Gasteiger partial charge in [0.2, 0.25) is 5.91 Å². The van der Waals surface area contributed by atoms with Crippen LogP contribution in [0.2, 0.25) is 5.02 Å². The molecule has 0 bridgehead atoms. The van der Waals surface area contributed by atoms with E-state index < -0.39 is 0 Å². The minimum atomic E-state index is -0.230. The third-order valence-corrected chi connectivity index (χ3v) is 6.51. The molecule has 1 unspecified atom stereocenters. The van der Waals surface area contributed by atoms with Crippen LogP contribution in [0, 0.1) is 0 Å². The highest BCUT2D eigenvalue weighted by Gasteiger charge is 2.19. The van der Waals surface area contributed by atoms with Gasteiger partial charge < -0.3 is 25.4 Å². The Morgan fingerprint density at radius 1 is 1.00 bits per heavy atom. The molecule has 8 heteroatoms. The van der Waals surface area contributed by atoms with Gasteiger partial charge in [0.1, 0.15) is 12.4 Å². The van der Waals surface area contributed by atoms with Crippen LogP contribution in [0.15, 0.2) is 42.5 Å². The van der Waals surface area contributed by atoms with E-state index in [0.29, 0.717) is 22.9 Å². The first-order valence-corrected chi connectivity index (χ1v) is 12.4. The molecule has 0 spiro atoms. The van der Waals surface area contributed by atoms with Crippen LogP contribution in [0.5, 0.6) is 5.75 Å². The van der Waals surface area contributed by atoms with Crippen LogP contribution in [0.1, 0.15) is 55.3 Å². The van der Waals surface area contributed by atoms with Gasteiger partial charge in [-0.3, -0.25) is 9.59 Å². The Bertz CT molecular complexity index is 988. The molecule has 0 radical (unpaired) electrons. The van der Waals surface area contributed by atoms with Crippen LogP contribution in [0.3, 0.4) is 0 Å². The molecule has 1 atom stereocenters.